The SMILES string of the molecule is CCC(COC)Nc1nc(C)nc(Oc2ccc(OC)cc2C)c1C. The van der Waals surface area contributed by atoms with Crippen molar-refractivity contribution < 1.29 is 14.2 Å². The van der Waals surface area contributed by atoms with Gasteiger partial charge in [-0.05, 0) is 51.0 Å². The van der Waals surface area contributed by atoms with E-state index in [0.717, 1.165) is 34.9 Å². The summed E-state index contributed by atoms with van der Waals surface area (Å²) < 4.78 is 16.5. The highest BCUT2D eigenvalue weighted by Crippen LogP contribution is 2.31. The molecule has 1 aromatic carbocycles. The molecule has 25 heavy (non-hydrogen) atoms. The number of methoxy groups -OCH3 is 2. The molecule has 0 radical (unpaired) electrons. The van der Waals surface area contributed by atoms with Crippen molar-refractivity contribution in [1.29, 1.82) is 0 Å². The molecule has 0 amide bonds. The second-order valence-electron chi connectivity index (χ2n) is 5.99. The number of ether oxygens (including phenoxy) is 3. The van der Waals surface area contributed by atoms with Crippen LogP contribution in [-0.4, -0.2) is 36.8 Å². The Kier molecular flexibility index (Phi) is 6.58. The van der Waals surface area contributed by atoms with Gasteiger partial charge in [-0.15, -0.1) is 0 Å². The summed E-state index contributed by atoms with van der Waals surface area (Å²) in [6.45, 7) is 8.52. The minimum Gasteiger partial charge on any atom is -0.497 e. The van der Waals surface area contributed by atoms with Crippen LogP contribution in [0.15, 0.2) is 18.2 Å². The molecule has 1 heterocycles. The van der Waals surface area contributed by atoms with Gasteiger partial charge in [-0.1, -0.05) is 6.92 Å². The van der Waals surface area contributed by atoms with E-state index < -0.39 is 0 Å². The number of hydrogen-bond donors (Lipinski definition) is 1. The highest BCUT2D eigenvalue weighted by atomic mass is 16.5. The Labute approximate surface area is 149 Å². The fourth-order valence-corrected chi connectivity index (χ4v) is 2.47. The fourth-order valence-electron chi connectivity index (χ4n) is 2.47. The van der Waals surface area contributed by atoms with E-state index in [2.05, 4.69) is 22.2 Å². The van der Waals surface area contributed by atoms with E-state index in [1.807, 2.05) is 39.0 Å². The van der Waals surface area contributed by atoms with Crippen LogP contribution in [-0.2, 0) is 4.74 Å². The Hall–Kier alpha value is -2.34. The maximum Gasteiger partial charge on any atom is 0.227 e. The lowest BCUT2D eigenvalue weighted by molar-refractivity contribution is 0.184. The van der Waals surface area contributed by atoms with E-state index in [-0.39, 0.29) is 6.04 Å². The number of aryl methyl sites for hydroxylation is 2. The third-order valence-electron chi connectivity index (χ3n) is 4.00. The summed E-state index contributed by atoms with van der Waals surface area (Å²) in [6.07, 6.45) is 0.935. The van der Waals surface area contributed by atoms with Gasteiger partial charge in [-0.3, -0.25) is 0 Å². The third kappa shape index (κ3) is 4.82. The molecule has 1 atom stereocenters. The molecule has 6 heteroatoms. The predicted molar refractivity (Wildman–Crippen MR) is 98.9 cm³/mol. The van der Waals surface area contributed by atoms with Crippen molar-refractivity contribution >= 4 is 5.82 Å². The van der Waals surface area contributed by atoms with Crippen molar-refractivity contribution in [2.45, 2.75) is 40.2 Å². The summed E-state index contributed by atoms with van der Waals surface area (Å²) in [5, 5.41) is 3.42. The average Bonchev–Trinajstić information content (AvgIpc) is 2.59. The lowest BCUT2D eigenvalue weighted by Gasteiger charge is -2.19. The van der Waals surface area contributed by atoms with Crippen LogP contribution in [0.3, 0.4) is 0 Å². The lowest BCUT2D eigenvalue weighted by atomic mass is 10.2. The van der Waals surface area contributed by atoms with E-state index in [1.165, 1.54) is 0 Å². The summed E-state index contributed by atoms with van der Waals surface area (Å²) >= 11 is 0. The van der Waals surface area contributed by atoms with Crippen LogP contribution in [0, 0.1) is 20.8 Å². The number of nitrogens with zero attached hydrogens (tertiary/aromatic N) is 2. The topological polar surface area (TPSA) is 65.5 Å². The first-order valence-corrected chi connectivity index (χ1v) is 8.41. The fraction of sp³-hybridized carbons (Fsp3) is 0.474. The smallest absolute Gasteiger partial charge is 0.227 e. The van der Waals surface area contributed by atoms with Crippen LogP contribution in [0.4, 0.5) is 5.82 Å². The van der Waals surface area contributed by atoms with Crippen LogP contribution in [0.5, 0.6) is 17.4 Å². The first-order chi connectivity index (χ1) is 12.0. The van der Waals surface area contributed by atoms with Crippen LogP contribution in [0.2, 0.25) is 0 Å². The molecule has 136 valence electrons. The number of aromatic nitrogens is 2. The molecule has 2 rings (SSSR count). The van der Waals surface area contributed by atoms with E-state index in [1.54, 1.807) is 14.2 Å². The maximum absolute atomic E-state index is 6.06. The van der Waals surface area contributed by atoms with Crippen LogP contribution in [0.25, 0.3) is 0 Å². The van der Waals surface area contributed by atoms with Gasteiger partial charge < -0.3 is 19.5 Å². The Morgan fingerprint density at radius 3 is 2.48 bits per heavy atom. The normalized spacial score (nSPS) is 11.9. The Bertz CT molecular complexity index is 719. The molecule has 2 aromatic rings. The predicted octanol–water partition coefficient (Wildman–Crippen LogP) is 4.04. The number of anilines is 1. The number of hydrogen-bond acceptors (Lipinski definition) is 6. The van der Waals surface area contributed by atoms with Gasteiger partial charge in [0.2, 0.25) is 5.88 Å². The van der Waals surface area contributed by atoms with Crippen molar-refractivity contribution in [3.8, 4) is 17.4 Å². The number of benzene rings is 1. The molecular formula is C19H27N3O3. The Morgan fingerprint density at radius 1 is 1.12 bits per heavy atom. The van der Waals surface area contributed by atoms with Gasteiger partial charge in [0.25, 0.3) is 0 Å². The molecule has 1 N–H and O–H groups in total. The molecule has 0 saturated heterocycles. The standard InChI is InChI=1S/C19H27N3O3/c1-7-15(11-23-5)22-18-13(3)19(21-14(4)20-18)25-17-9-8-16(24-6)10-12(17)2/h8-10,15H,7,11H2,1-6H3,(H,20,21,22). The minimum atomic E-state index is 0.188. The van der Waals surface area contributed by atoms with Gasteiger partial charge in [-0.2, -0.15) is 4.98 Å². The van der Waals surface area contributed by atoms with Crippen LogP contribution < -0.4 is 14.8 Å². The molecular weight excluding hydrogens is 318 g/mol. The van der Waals surface area contributed by atoms with Crippen LogP contribution >= 0.6 is 0 Å². The summed E-state index contributed by atoms with van der Waals surface area (Å²) in [6, 6.07) is 5.88. The second kappa shape index (κ2) is 8.67. The molecule has 0 aliphatic rings. The van der Waals surface area contributed by atoms with E-state index >= 15 is 0 Å². The molecule has 0 saturated carbocycles. The Morgan fingerprint density at radius 2 is 1.88 bits per heavy atom. The highest BCUT2D eigenvalue weighted by molar-refractivity contribution is 5.51. The van der Waals surface area contributed by atoms with Gasteiger partial charge in [0.05, 0.1) is 25.3 Å². The van der Waals surface area contributed by atoms with Crippen LogP contribution in [0.1, 0.15) is 30.3 Å². The monoisotopic (exact) mass is 345 g/mol. The average molecular weight is 345 g/mol. The molecule has 0 bridgehead atoms. The van der Waals surface area contributed by atoms with Gasteiger partial charge in [0.1, 0.15) is 23.1 Å². The molecule has 0 aliphatic carbocycles. The highest BCUT2D eigenvalue weighted by Gasteiger charge is 2.15. The van der Waals surface area contributed by atoms with Gasteiger partial charge in [0.15, 0.2) is 0 Å². The van der Waals surface area contributed by atoms with Crippen molar-refractivity contribution in [3.05, 3.63) is 35.2 Å². The molecule has 1 unspecified atom stereocenters. The quantitative estimate of drug-likeness (QED) is 0.779. The number of rotatable bonds is 8. The summed E-state index contributed by atoms with van der Waals surface area (Å²) in [7, 11) is 3.35. The van der Waals surface area contributed by atoms with Gasteiger partial charge in [-0.25, -0.2) is 4.98 Å². The molecule has 0 aliphatic heterocycles. The van der Waals surface area contributed by atoms with Crippen molar-refractivity contribution in [2.75, 3.05) is 26.1 Å². The molecule has 6 nitrogen and oxygen atoms in total. The summed E-state index contributed by atoms with van der Waals surface area (Å²) in [4.78, 5) is 8.97. The van der Waals surface area contributed by atoms with E-state index in [0.29, 0.717) is 18.3 Å². The largest absolute Gasteiger partial charge is 0.497 e. The minimum absolute atomic E-state index is 0.188. The van der Waals surface area contributed by atoms with E-state index in [9.17, 15) is 0 Å². The Balaban J connectivity index is 2.29. The lowest BCUT2D eigenvalue weighted by Crippen LogP contribution is -2.25. The summed E-state index contributed by atoms with van der Waals surface area (Å²) in [5.74, 6) is 3.53. The first kappa shape index (κ1) is 19.0. The van der Waals surface area contributed by atoms with Crippen molar-refractivity contribution in [3.63, 3.8) is 0 Å². The second-order valence-corrected chi connectivity index (χ2v) is 5.99. The van der Waals surface area contributed by atoms with Gasteiger partial charge >= 0.3 is 0 Å². The molecule has 1 aromatic heterocycles. The zero-order chi connectivity index (χ0) is 18.4. The van der Waals surface area contributed by atoms with Crippen molar-refractivity contribution in [1.82, 2.24) is 9.97 Å². The third-order valence-corrected chi connectivity index (χ3v) is 4.00. The zero-order valence-electron chi connectivity index (χ0n) is 15.8. The molecule has 0 fully saturated rings. The maximum atomic E-state index is 6.06. The number of nitrogens with one attached hydrogen (secondary N) is 1. The zero-order valence-corrected chi connectivity index (χ0v) is 15.8. The van der Waals surface area contributed by atoms with Gasteiger partial charge in [0, 0.05) is 7.11 Å². The first-order valence-electron chi connectivity index (χ1n) is 8.41. The van der Waals surface area contributed by atoms with Crippen molar-refractivity contribution in [2.24, 2.45) is 0 Å². The molecule has 0 spiro atoms. The van der Waals surface area contributed by atoms with E-state index in [4.69, 9.17) is 14.2 Å². The summed E-state index contributed by atoms with van der Waals surface area (Å²) in [5.41, 5.74) is 1.85.